The quantitative estimate of drug-likeness (QED) is 0.743. The van der Waals surface area contributed by atoms with Crippen LogP contribution in [-0.4, -0.2) is 38.0 Å². The Morgan fingerprint density at radius 2 is 2.15 bits per heavy atom. The molecule has 1 atom stereocenters. The van der Waals surface area contributed by atoms with Crippen LogP contribution in [-0.2, 0) is 14.8 Å². The van der Waals surface area contributed by atoms with Crippen LogP contribution in [0.25, 0.3) is 0 Å². The van der Waals surface area contributed by atoms with E-state index in [1.54, 1.807) is 0 Å². The Bertz CT molecular complexity index is 623. The first-order valence-electron chi connectivity index (χ1n) is 6.03. The summed E-state index contributed by atoms with van der Waals surface area (Å²) in [5, 5.41) is 11.4. The second-order valence-electron chi connectivity index (χ2n) is 4.38. The van der Waals surface area contributed by atoms with Crippen molar-refractivity contribution in [2.45, 2.75) is 29.5 Å². The van der Waals surface area contributed by atoms with Crippen LogP contribution in [0.1, 0.15) is 28.9 Å². The van der Waals surface area contributed by atoms with Crippen molar-refractivity contribution in [3.05, 3.63) is 17.0 Å². The number of hydrogen-bond donors (Lipinski definition) is 3. The van der Waals surface area contributed by atoms with Gasteiger partial charge in [-0.1, -0.05) is 0 Å². The Balaban J connectivity index is 2.17. The summed E-state index contributed by atoms with van der Waals surface area (Å²) in [6.45, 7) is 0.541. The number of carbonyl (C=O) groups is 2. The number of amides is 1. The monoisotopic (exact) mass is 318 g/mol. The van der Waals surface area contributed by atoms with Gasteiger partial charge >= 0.3 is 5.97 Å². The van der Waals surface area contributed by atoms with Crippen molar-refractivity contribution in [1.82, 2.24) is 10.0 Å². The molecule has 2 heterocycles. The second-order valence-corrected chi connectivity index (χ2v) is 7.41. The molecule has 3 N–H and O–H groups in total. The molecular formula is C11H14N2O5S2. The number of carbonyl (C=O) groups excluding carboxylic acids is 1. The maximum absolute atomic E-state index is 12.1. The van der Waals surface area contributed by atoms with Crippen molar-refractivity contribution in [2.24, 2.45) is 0 Å². The summed E-state index contributed by atoms with van der Waals surface area (Å²) in [6.07, 6.45) is 1.99. The predicted octanol–water partition coefficient (Wildman–Crippen LogP) is 0.393. The van der Waals surface area contributed by atoms with E-state index in [1.165, 1.54) is 12.1 Å². The predicted molar refractivity (Wildman–Crippen MR) is 72.2 cm³/mol. The van der Waals surface area contributed by atoms with Crippen LogP contribution in [0.3, 0.4) is 0 Å². The number of aromatic carboxylic acids is 1. The van der Waals surface area contributed by atoms with E-state index < -0.39 is 22.0 Å². The lowest BCUT2D eigenvalue weighted by molar-refractivity contribution is -0.122. The largest absolute Gasteiger partial charge is 0.477 e. The fourth-order valence-corrected chi connectivity index (χ4v) is 4.27. The van der Waals surface area contributed by atoms with E-state index in [-0.39, 0.29) is 15.0 Å². The maximum Gasteiger partial charge on any atom is 0.345 e. The Morgan fingerprint density at radius 1 is 1.40 bits per heavy atom. The molecule has 1 amide bonds. The summed E-state index contributed by atoms with van der Waals surface area (Å²) in [5.74, 6) is -1.52. The van der Waals surface area contributed by atoms with Gasteiger partial charge in [-0.2, -0.15) is 4.72 Å². The highest BCUT2D eigenvalue weighted by Gasteiger charge is 2.28. The molecule has 0 spiro atoms. The maximum atomic E-state index is 12.1. The van der Waals surface area contributed by atoms with E-state index in [0.29, 0.717) is 24.3 Å². The summed E-state index contributed by atoms with van der Waals surface area (Å²) >= 11 is 0.661. The highest BCUT2D eigenvalue weighted by atomic mass is 32.2. The smallest absolute Gasteiger partial charge is 0.345 e. The zero-order valence-electron chi connectivity index (χ0n) is 10.5. The second kappa shape index (κ2) is 5.90. The summed E-state index contributed by atoms with van der Waals surface area (Å²) in [4.78, 5) is 22.4. The Hall–Kier alpha value is -1.45. The number of carboxylic acids is 1. The van der Waals surface area contributed by atoms with Gasteiger partial charge in [0.15, 0.2) is 0 Å². The number of nitrogens with one attached hydrogen (secondary N) is 2. The highest BCUT2D eigenvalue weighted by Crippen LogP contribution is 2.22. The molecule has 1 aromatic rings. The van der Waals surface area contributed by atoms with Crippen molar-refractivity contribution >= 4 is 33.2 Å². The molecule has 2 rings (SSSR count). The SMILES string of the molecule is O=C(O)c1ccc(S(=O)(=O)NC2CCCCNC2=O)s1. The summed E-state index contributed by atoms with van der Waals surface area (Å²) < 4.78 is 26.5. The van der Waals surface area contributed by atoms with Gasteiger partial charge in [0.1, 0.15) is 15.1 Å². The molecule has 1 aromatic heterocycles. The summed E-state index contributed by atoms with van der Waals surface area (Å²) in [6, 6.07) is 1.65. The molecule has 0 bridgehead atoms. The molecule has 1 saturated heterocycles. The lowest BCUT2D eigenvalue weighted by Crippen LogP contribution is -2.45. The molecule has 9 heteroatoms. The minimum Gasteiger partial charge on any atom is -0.477 e. The van der Waals surface area contributed by atoms with E-state index in [4.69, 9.17) is 5.11 Å². The van der Waals surface area contributed by atoms with Crippen LogP contribution in [0.5, 0.6) is 0 Å². The Morgan fingerprint density at radius 3 is 2.80 bits per heavy atom. The number of carboxylic acid groups (broad SMARTS) is 1. The summed E-state index contributed by atoms with van der Waals surface area (Å²) in [5.41, 5.74) is 0. The van der Waals surface area contributed by atoms with E-state index in [9.17, 15) is 18.0 Å². The zero-order chi connectivity index (χ0) is 14.8. The standard InChI is InChI=1S/C11H14N2O5S2/c14-10-7(3-1-2-6-12-10)13-20(17,18)9-5-4-8(19-9)11(15)16/h4-5,7,13H,1-3,6H2,(H,12,14)(H,15,16). The molecule has 1 fully saturated rings. The molecular weight excluding hydrogens is 304 g/mol. The molecule has 20 heavy (non-hydrogen) atoms. The van der Waals surface area contributed by atoms with Gasteiger partial charge in [-0.15, -0.1) is 11.3 Å². The van der Waals surface area contributed by atoms with Gasteiger partial charge in [0.05, 0.1) is 0 Å². The van der Waals surface area contributed by atoms with E-state index in [2.05, 4.69) is 10.0 Å². The molecule has 0 aliphatic carbocycles. The van der Waals surface area contributed by atoms with Crippen molar-refractivity contribution < 1.29 is 23.1 Å². The van der Waals surface area contributed by atoms with Crippen molar-refractivity contribution in [3.63, 3.8) is 0 Å². The number of sulfonamides is 1. The molecule has 7 nitrogen and oxygen atoms in total. The van der Waals surface area contributed by atoms with Crippen LogP contribution >= 0.6 is 11.3 Å². The van der Waals surface area contributed by atoms with Gasteiger partial charge in [-0.25, -0.2) is 13.2 Å². The highest BCUT2D eigenvalue weighted by molar-refractivity contribution is 7.91. The first-order valence-corrected chi connectivity index (χ1v) is 8.33. The number of thiophene rings is 1. The van der Waals surface area contributed by atoms with Crippen molar-refractivity contribution in [2.75, 3.05) is 6.54 Å². The fraction of sp³-hybridized carbons (Fsp3) is 0.455. The van der Waals surface area contributed by atoms with E-state index in [1.807, 2.05) is 0 Å². The molecule has 0 aromatic carbocycles. The lowest BCUT2D eigenvalue weighted by atomic mass is 10.1. The molecule has 0 saturated carbocycles. The third-order valence-corrected chi connectivity index (χ3v) is 5.93. The van der Waals surface area contributed by atoms with Gasteiger partial charge in [0, 0.05) is 6.54 Å². The van der Waals surface area contributed by atoms with Gasteiger partial charge in [0.2, 0.25) is 5.91 Å². The van der Waals surface area contributed by atoms with Gasteiger partial charge in [-0.3, -0.25) is 4.79 Å². The third-order valence-electron chi connectivity index (χ3n) is 2.89. The lowest BCUT2D eigenvalue weighted by Gasteiger charge is -2.14. The molecule has 0 radical (unpaired) electrons. The van der Waals surface area contributed by atoms with Crippen LogP contribution in [0.2, 0.25) is 0 Å². The van der Waals surface area contributed by atoms with Gasteiger partial charge in [0.25, 0.3) is 10.0 Å². The number of hydrogen-bond acceptors (Lipinski definition) is 5. The van der Waals surface area contributed by atoms with E-state index in [0.717, 1.165) is 12.8 Å². The topological polar surface area (TPSA) is 113 Å². The van der Waals surface area contributed by atoms with Crippen LogP contribution in [0.15, 0.2) is 16.3 Å². The van der Waals surface area contributed by atoms with E-state index >= 15 is 0 Å². The molecule has 1 unspecified atom stereocenters. The van der Waals surface area contributed by atoms with Crippen molar-refractivity contribution in [1.29, 1.82) is 0 Å². The minimum absolute atomic E-state index is 0.0595. The molecule has 1 aliphatic heterocycles. The van der Waals surface area contributed by atoms with Crippen molar-refractivity contribution in [3.8, 4) is 0 Å². The molecule has 110 valence electrons. The average Bonchev–Trinajstić information content (AvgIpc) is 2.79. The van der Waals surface area contributed by atoms with Gasteiger partial charge in [-0.05, 0) is 31.4 Å². The third kappa shape index (κ3) is 3.35. The van der Waals surface area contributed by atoms with Crippen LogP contribution < -0.4 is 10.0 Å². The molecule has 1 aliphatic rings. The summed E-state index contributed by atoms with van der Waals surface area (Å²) in [7, 11) is -3.88. The zero-order valence-corrected chi connectivity index (χ0v) is 12.1. The minimum atomic E-state index is -3.88. The van der Waals surface area contributed by atoms with Gasteiger partial charge < -0.3 is 10.4 Å². The average molecular weight is 318 g/mol. The normalized spacial score (nSPS) is 20.2. The Kier molecular flexibility index (Phi) is 4.41. The Labute approximate surface area is 120 Å². The first-order chi connectivity index (χ1) is 9.40. The van der Waals surface area contributed by atoms with Crippen LogP contribution in [0, 0.1) is 0 Å². The van der Waals surface area contributed by atoms with Crippen LogP contribution in [0.4, 0.5) is 0 Å². The number of rotatable bonds is 4. The fourth-order valence-electron chi connectivity index (χ4n) is 1.88. The first kappa shape index (κ1) is 14.9.